The maximum atomic E-state index is 13.2. The van der Waals surface area contributed by atoms with Gasteiger partial charge < -0.3 is 4.74 Å². The Labute approximate surface area is 154 Å². The molecule has 0 atom stereocenters. The Kier molecular flexibility index (Phi) is 5.11. The fourth-order valence-electron chi connectivity index (χ4n) is 2.09. The van der Waals surface area contributed by atoms with Gasteiger partial charge in [0.2, 0.25) is 0 Å². The third-order valence-electron chi connectivity index (χ3n) is 3.36. The molecule has 134 valence electrons. The van der Waals surface area contributed by atoms with Crippen molar-refractivity contribution < 1.29 is 21.9 Å². The summed E-state index contributed by atoms with van der Waals surface area (Å²) in [5.74, 6) is -1.29. The third kappa shape index (κ3) is 4.30. The molecule has 3 rings (SSSR count). The highest BCUT2D eigenvalue weighted by Crippen LogP contribution is 2.25. The number of nitrogens with one attached hydrogen (secondary N) is 1. The molecule has 0 fully saturated rings. The predicted octanol–water partition coefficient (Wildman–Crippen LogP) is 5.21. The highest BCUT2D eigenvalue weighted by molar-refractivity contribution is 7.92. The monoisotopic (exact) mass is 395 g/mol. The van der Waals surface area contributed by atoms with Crippen molar-refractivity contribution >= 4 is 27.3 Å². The summed E-state index contributed by atoms with van der Waals surface area (Å²) in [6.07, 6.45) is 0. The maximum Gasteiger partial charge on any atom is 0.261 e. The quantitative estimate of drug-likeness (QED) is 0.645. The zero-order valence-corrected chi connectivity index (χ0v) is 14.7. The van der Waals surface area contributed by atoms with Crippen LogP contribution in [0.2, 0.25) is 5.02 Å². The minimum Gasteiger partial charge on any atom is -0.457 e. The molecule has 0 radical (unpaired) electrons. The molecule has 0 amide bonds. The van der Waals surface area contributed by atoms with Gasteiger partial charge in [-0.3, -0.25) is 4.72 Å². The van der Waals surface area contributed by atoms with Crippen molar-refractivity contribution in [3.8, 4) is 11.5 Å². The number of rotatable bonds is 5. The molecule has 3 aromatic rings. The number of halogens is 3. The van der Waals surface area contributed by atoms with E-state index in [4.69, 9.17) is 16.3 Å². The van der Waals surface area contributed by atoms with Crippen molar-refractivity contribution in [2.45, 2.75) is 4.90 Å². The summed E-state index contributed by atoms with van der Waals surface area (Å²) in [6.45, 7) is 0. The van der Waals surface area contributed by atoms with Crippen LogP contribution in [0.25, 0.3) is 0 Å². The smallest absolute Gasteiger partial charge is 0.261 e. The normalized spacial score (nSPS) is 11.2. The van der Waals surface area contributed by atoms with Crippen molar-refractivity contribution in [1.82, 2.24) is 0 Å². The van der Waals surface area contributed by atoms with Crippen LogP contribution in [-0.2, 0) is 10.0 Å². The van der Waals surface area contributed by atoms with Crippen LogP contribution in [-0.4, -0.2) is 8.42 Å². The topological polar surface area (TPSA) is 55.4 Å². The van der Waals surface area contributed by atoms with Gasteiger partial charge in [0.05, 0.1) is 4.90 Å². The molecular weight excluding hydrogens is 384 g/mol. The zero-order valence-electron chi connectivity index (χ0n) is 13.1. The van der Waals surface area contributed by atoms with Crippen molar-refractivity contribution in [3.63, 3.8) is 0 Å². The molecule has 26 heavy (non-hydrogen) atoms. The van der Waals surface area contributed by atoms with Gasteiger partial charge in [0.1, 0.15) is 11.5 Å². The van der Waals surface area contributed by atoms with E-state index in [0.717, 1.165) is 12.1 Å². The second-order valence-corrected chi connectivity index (χ2v) is 7.38. The Hall–Kier alpha value is -2.64. The summed E-state index contributed by atoms with van der Waals surface area (Å²) in [5, 5.41) is 0.583. The van der Waals surface area contributed by atoms with Crippen LogP contribution in [0.15, 0.2) is 71.6 Å². The zero-order chi connectivity index (χ0) is 18.7. The second-order valence-electron chi connectivity index (χ2n) is 5.26. The van der Waals surface area contributed by atoms with Crippen LogP contribution in [0.3, 0.4) is 0 Å². The van der Waals surface area contributed by atoms with E-state index in [0.29, 0.717) is 22.6 Å². The summed E-state index contributed by atoms with van der Waals surface area (Å²) < 4.78 is 58.5. The Morgan fingerprint density at radius 3 is 1.96 bits per heavy atom. The standard InChI is InChI=1S/C18H12ClF2NO3S/c19-12-1-5-14(6-2-12)25-15-7-3-13(4-8-15)22-26(23,24)16-9-10-17(20)18(21)11-16/h1-11,22H. The number of benzene rings is 3. The first-order chi connectivity index (χ1) is 12.3. The van der Waals surface area contributed by atoms with Gasteiger partial charge in [-0.15, -0.1) is 0 Å². The molecule has 0 saturated heterocycles. The van der Waals surface area contributed by atoms with Crippen LogP contribution >= 0.6 is 11.6 Å². The lowest BCUT2D eigenvalue weighted by molar-refractivity contribution is 0.483. The van der Waals surface area contributed by atoms with E-state index in [2.05, 4.69) is 4.72 Å². The molecule has 1 N–H and O–H groups in total. The molecule has 3 aromatic carbocycles. The number of anilines is 1. The molecule has 0 heterocycles. The largest absolute Gasteiger partial charge is 0.457 e. The van der Waals surface area contributed by atoms with Crippen molar-refractivity contribution in [1.29, 1.82) is 0 Å². The van der Waals surface area contributed by atoms with E-state index in [1.54, 1.807) is 36.4 Å². The first kappa shape index (κ1) is 18.2. The first-order valence-corrected chi connectivity index (χ1v) is 9.21. The van der Waals surface area contributed by atoms with Gasteiger partial charge in [-0.1, -0.05) is 11.6 Å². The van der Waals surface area contributed by atoms with Crippen LogP contribution < -0.4 is 9.46 Å². The van der Waals surface area contributed by atoms with Gasteiger partial charge in [0.25, 0.3) is 10.0 Å². The Morgan fingerprint density at radius 1 is 0.808 bits per heavy atom. The van der Waals surface area contributed by atoms with Crippen LogP contribution in [0, 0.1) is 11.6 Å². The van der Waals surface area contributed by atoms with Crippen LogP contribution in [0.5, 0.6) is 11.5 Å². The highest BCUT2D eigenvalue weighted by Gasteiger charge is 2.16. The summed E-state index contributed by atoms with van der Waals surface area (Å²) >= 11 is 5.80. The lowest BCUT2D eigenvalue weighted by atomic mass is 10.3. The van der Waals surface area contributed by atoms with E-state index >= 15 is 0 Å². The second kappa shape index (κ2) is 7.31. The van der Waals surface area contributed by atoms with Gasteiger partial charge in [0, 0.05) is 10.7 Å². The number of sulfonamides is 1. The van der Waals surface area contributed by atoms with Gasteiger partial charge in [-0.2, -0.15) is 0 Å². The van der Waals surface area contributed by atoms with E-state index in [1.807, 2.05) is 0 Å². The van der Waals surface area contributed by atoms with Crippen LogP contribution in [0.1, 0.15) is 0 Å². The molecule has 0 aliphatic rings. The SMILES string of the molecule is O=S(=O)(Nc1ccc(Oc2ccc(Cl)cc2)cc1)c1ccc(F)c(F)c1. The van der Waals surface area contributed by atoms with Crippen molar-refractivity contribution in [3.05, 3.63) is 83.4 Å². The lowest BCUT2D eigenvalue weighted by Gasteiger charge is -2.10. The summed E-state index contributed by atoms with van der Waals surface area (Å²) in [5.41, 5.74) is 0.248. The number of hydrogen-bond donors (Lipinski definition) is 1. The van der Waals surface area contributed by atoms with Gasteiger partial charge in [-0.25, -0.2) is 17.2 Å². The lowest BCUT2D eigenvalue weighted by Crippen LogP contribution is -2.13. The third-order valence-corrected chi connectivity index (χ3v) is 4.99. The molecule has 0 unspecified atom stereocenters. The molecule has 0 aliphatic heterocycles. The highest BCUT2D eigenvalue weighted by atomic mass is 35.5. The Balaban J connectivity index is 1.73. The van der Waals surface area contributed by atoms with Crippen LogP contribution in [0.4, 0.5) is 14.5 Å². The average molecular weight is 396 g/mol. The van der Waals surface area contributed by atoms with Gasteiger partial charge >= 0.3 is 0 Å². The van der Waals surface area contributed by atoms with E-state index in [-0.39, 0.29) is 10.6 Å². The Morgan fingerprint density at radius 2 is 1.38 bits per heavy atom. The number of hydrogen-bond acceptors (Lipinski definition) is 3. The van der Waals surface area contributed by atoms with E-state index in [9.17, 15) is 17.2 Å². The molecule has 0 saturated carbocycles. The van der Waals surface area contributed by atoms with Crippen molar-refractivity contribution in [2.24, 2.45) is 0 Å². The summed E-state index contributed by atoms with van der Waals surface area (Å²) in [6, 6.07) is 15.2. The average Bonchev–Trinajstić information content (AvgIpc) is 2.61. The fourth-order valence-corrected chi connectivity index (χ4v) is 3.28. The molecular formula is C18H12ClF2NO3S. The molecule has 4 nitrogen and oxygen atoms in total. The predicted molar refractivity (Wildman–Crippen MR) is 95.1 cm³/mol. The Bertz CT molecular complexity index is 1020. The van der Waals surface area contributed by atoms with E-state index in [1.165, 1.54) is 12.1 Å². The summed E-state index contributed by atoms with van der Waals surface area (Å²) in [7, 11) is -4.04. The summed E-state index contributed by atoms with van der Waals surface area (Å²) in [4.78, 5) is -0.377. The minimum atomic E-state index is -4.04. The minimum absolute atomic E-state index is 0.248. The fraction of sp³-hybridized carbons (Fsp3) is 0. The molecule has 8 heteroatoms. The molecule has 0 aliphatic carbocycles. The molecule has 0 bridgehead atoms. The van der Waals surface area contributed by atoms with Gasteiger partial charge in [-0.05, 0) is 66.7 Å². The van der Waals surface area contributed by atoms with E-state index < -0.39 is 21.7 Å². The molecule has 0 spiro atoms. The molecule has 0 aromatic heterocycles. The first-order valence-electron chi connectivity index (χ1n) is 7.35. The van der Waals surface area contributed by atoms with Crippen molar-refractivity contribution in [2.75, 3.05) is 4.72 Å². The van der Waals surface area contributed by atoms with Gasteiger partial charge in [0.15, 0.2) is 11.6 Å². The maximum absolute atomic E-state index is 13.2. The number of ether oxygens (including phenoxy) is 1.